The fourth-order valence-electron chi connectivity index (χ4n) is 1.94. The summed E-state index contributed by atoms with van der Waals surface area (Å²) in [6.45, 7) is 1.93. The first-order chi connectivity index (χ1) is 10.2. The van der Waals surface area contributed by atoms with E-state index in [0.29, 0.717) is 29.2 Å². The van der Waals surface area contributed by atoms with Crippen LogP contribution in [-0.4, -0.2) is 12.2 Å². The van der Waals surface area contributed by atoms with Crippen LogP contribution < -0.4 is 9.47 Å². The van der Waals surface area contributed by atoms with Crippen LogP contribution in [0.1, 0.15) is 30.6 Å². The molecule has 108 valence electrons. The van der Waals surface area contributed by atoms with Crippen LogP contribution in [0.25, 0.3) is 0 Å². The quantitative estimate of drug-likeness (QED) is 0.906. The molecule has 0 bridgehead atoms. The summed E-state index contributed by atoms with van der Waals surface area (Å²) in [7, 11) is 1.54. The van der Waals surface area contributed by atoms with E-state index < -0.39 is 6.10 Å². The van der Waals surface area contributed by atoms with E-state index in [1.807, 2.05) is 19.1 Å². The maximum absolute atomic E-state index is 9.75. The summed E-state index contributed by atoms with van der Waals surface area (Å²) in [5.41, 5.74) is 1.33. The summed E-state index contributed by atoms with van der Waals surface area (Å²) in [6, 6.07) is 14.3. The van der Waals surface area contributed by atoms with E-state index >= 15 is 0 Å². The van der Waals surface area contributed by atoms with Crippen molar-refractivity contribution in [2.75, 3.05) is 7.11 Å². The number of methoxy groups -OCH3 is 1. The Bertz CT molecular complexity index is 644. The van der Waals surface area contributed by atoms with Crippen LogP contribution in [0.4, 0.5) is 0 Å². The lowest BCUT2D eigenvalue weighted by Gasteiger charge is -2.11. The highest BCUT2D eigenvalue weighted by Crippen LogP contribution is 2.28. The maximum atomic E-state index is 9.75. The van der Waals surface area contributed by atoms with Gasteiger partial charge in [-0.2, -0.15) is 5.26 Å². The van der Waals surface area contributed by atoms with Crippen molar-refractivity contribution in [1.29, 1.82) is 5.26 Å². The fraction of sp³-hybridized carbons (Fsp3) is 0.235. The zero-order chi connectivity index (χ0) is 15.2. The minimum Gasteiger partial charge on any atom is -0.497 e. The molecule has 0 aromatic heterocycles. The highest BCUT2D eigenvalue weighted by molar-refractivity contribution is 5.45. The van der Waals surface area contributed by atoms with Crippen LogP contribution in [0.15, 0.2) is 42.5 Å². The van der Waals surface area contributed by atoms with Gasteiger partial charge in [0.15, 0.2) is 0 Å². The van der Waals surface area contributed by atoms with Gasteiger partial charge in [0.25, 0.3) is 0 Å². The number of ether oxygens (including phenoxy) is 2. The molecule has 4 nitrogen and oxygen atoms in total. The molecule has 0 saturated heterocycles. The van der Waals surface area contributed by atoms with Crippen molar-refractivity contribution in [3.8, 4) is 23.3 Å². The second-order valence-corrected chi connectivity index (χ2v) is 4.60. The molecule has 0 radical (unpaired) electrons. The molecule has 21 heavy (non-hydrogen) atoms. The molecular weight excluding hydrogens is 266 g/mol. The molecule has 1 atom stereocenters. The van der Waals surface area contributed by atoms with Gasteiger partial charge < -0.3 is 14.6 Å². The molecule has 0 amide bonds. The van der Waals surface area contributed by atoms with Crippen molar-refractivity contribution in [2.24, 2.45) is 0 Å². The van der Waals surface area contributed by atoms with Crippen LogP contribution in [0.3, 0.4) is 0 Å². The van der Waals surface area contributed by atoms with Crippen molar-refractivity contribution >= 4 is 0 Å². The number of rotatable bonds is 5. The summed E-state index contributed by atoms with van der Waals surface area (Å²) < 4.78 is 10.9. The van der Waals surface area contributed by atoms with Gasteiger partial charge in [-0.15, -0.1) is 0 Å². The Kier molecular flexibility index (Phi) is 4.81. The topological polar surface area (TPSA) is 62.5 Å². The van der Waals surface area contributed by atoms with E-state index in [0.717, 1.165) is 5.56 Å². The SMILES string of the molecule is CC[C@H](O)c1ccc(Oc2cc(C#N)cc(OC)c2)cc1. The first-order valence-corrected chi connectivity index (χ1v) is 6.71. The predicted molar refractivity (Wildman–Crippen MR) is 79.5 cm³/mol. The van der Waals surface area contributed by atoms with Gasteiger partial charge in [0.05, 0.1) is 24.8 Å². The summed E-state index contributed by atoms with van der Waals surface area (Å²) in [4.78, 5) is 0. The van der Waals surface area contributed by atoms with Crippen LogP contribution >= 0.6 is 0 Å². The lowest BCUT2D eigenvalue weighted by atomic mass is 10.1. The standard InChI is InChI=1S/C17H17NO3/c1-3-17(19)13-4-6-14(7-5-13)21-16-9-12(11-18)8-15(10-16)20-2/h4-10,17,19H,3H2,1-2H3/t17-/m0/s1. The third-order valence-corrected chi connectivity index (χ3v) is 3.13. The van der Waals surface area contributed by atoms with Gasteiger partial charge in [0.1, 0.15) is 17.2 Å². The first kappa shape index (κ1) is 14.9. The highest BCUT2D eigenvalue weighted by Gasteiger charge is 2.06. The summed E-state index contributed by atoms with van der Waals surface area (Å²) in [5.74, 6) is 1.75. The zero-order valence-electron chi connectivity index (χ0n) is 12.0. The molecule has 0 unspecified atom stereocenters. The smallest absolute Gasteiger partial charge is 0.132 e. The van der Waals surface area contributed by atoms with Crippen molar-refractivity contribution in [3.63, 3.8) is 0 Å². The summed E-state index contributed by atoms with van der Waals surface area (Å²) >= 11 is 0. The minimum atomic E-state index is -0.457. The number of nitriles is 1. The monoisotopic (exact) mass is 283 g/mol. The molecule has 2 rings (SSSR count). The lowest BCUT2D eigenvalue weighted by molar-refractivity contribution is 0.173. The second-order valence-electron chi connectivity index (χ2n) is 4.60. The zero-order valence-corrected chi connectivity index (χ0v) is 12.0. The van der Waals surface area contributed by atoms with Gasteiger partial charge in [-0.25, -0.2) is 0 Å². The van der Waals surface area contributed by atoms with E-state index in [4.69, 9.17) is 14.7 Å². The maximum Gasteiger partial charge on any atom is 0.132 e. The third kappa shape index (κ3) is 3.74. The van der Waals surface area contributed by atoms with Gasteiger partial charge in [0, 0.05) is 6.07 Å². The van der Waals surface area contributed by atoms with Gasteiger partial charge in [-0.1, -0.05) is 19.1 Å². The summed E-state index contributed by atoms with van der Waals surface area (Å²) in [5, 5.41) is 18.7. The molecule has 0 fully saturated rings. The normalized spacial score (nSPS) is 11.5. The van der Waals surface area contributed by atoms with Crippen LogP contribution in [-0.2, 0) is 0 Å². The molecular formula is C17H17NO3. The summed E-state index contributed by atoms with van der Waals surface area (Å²) in [6.07, 6.45) is 0.211. The van der Waals surface area contributed by atoms with Crippen molar-refractivity contribution < 1.29 is 14.6 Å². The number of aliphatic hydroxyl groups is 1. The van der Waals surface area contributed by atoms with E-state index in [9.17, 15) is 5.11 Å². The Morgan fingerprint density at radius 2 is 1.76 bits per heavy atom. The van der Waals surface area contributed by atoms with E-state index in [1.165, 1.54) is 0 Å². The van der Waals surface area contributed by atoms with Crippen molar-refractivity contribution in [3.05, 3.63) is 53.6 Å². The van der Waals surface area contributed by atoms with Gasteiger partial charge in [0.2, 0.25) is 0 Å². The predicted octanol–water partition coefficient (Wildman–Crippen LogP) is 3.80. The minimum absolute atomic E-state index is 0.457. The molecule has 0 heterocycles. The molecule has 4 heteroatoms. The van der Waals surface area contributed by atoms with E-state index in [2.05, 4.69) is 6.07 Å². The Labute approximate surface area is 124 Å². The molecule has 0 aliphatic heterocycles. The Morgan fingerprint density at radius 1 is 1.10 bits per heavy atom. The second kappa shape index (κ2) is 6.78. The van der Waals surface area contributed by atoms with Gasteiger partial charge in [-0.05, 0) is 36.2 Å². The number of aliphatic hydroxyl groups excluding tert-OH is 1. The van der Waals surface area contributed by atoms with Gasteiger partial charge >= 0.3 is 0 Å². The number of nitrogens with zero attached hydrogens (tertiary/aromatic N) is 1. The van der Waals surface area contributed by atoms with Crippen LogP contribution in [0, 0.1) is 11.3 Å². The number of benzene rings is 2. The lowest BCUT2D eigenvalue weighted by Crippen LogP contribution is -1.94. The largest absolute Gasteiger partial charge is 0.497 e. The highest BCUT2D eigenvalue weighted by atomic mass is 16.5. The Morgan fingerprint density at radius 3 is 2.33 bits per heavy atom. The molecule has 1 N–H and O–H groups in total. The Hall–Kier alpha value is -2.51. The van der Waals surface area contributed by atoms with Crippen LogP contribution in [0.5, 0.6) is 17.2 Å². The van der Waals surface area contributed by atoms with E-state index in [1.54, 1.807) is 37.4 Å². The molecule has 0 aliphatic carbocycles. The van der Waals surface area contributed by atoms with Crippen LogP contribution in [0.2, 0.25) is 0 Å². The average Bonchev–Trinajstić information content (AvgIpc) is 2.54. The molecule has 0 spiro atoms. The van der Waals surface area contributed by atoms with Crippen molar-refractivity contribution in [1.82, 2.24) is 0 Å². The third-order valence-electron chi connectivity index (χ3n) is 3.13. The number of hydrogen-bond acceptors (Lipinski definition) is 4. The van der Waals surface area contributed by atoms with Crippen molar-refractivity contribution in [2.45, 2.75) is 19.4 Å². The first-order valence-electron chi connectivity index (χ1n) is 6.71. The molecule has 0 aliphatic rings. The fourth-order valence-corrected chi connectivity index (χ4v) is 1.94. The van der Waals surface area contributed by atoms with Gasteiger partial charge in [-0.3, -0.25) is 0 Å². The molecule has 2 aromatic rings. The molecule has 0 saturated carbocycles. The van der Waals surface area contributed by atoms with E-state index in [-0.39, 0.29) is 0 Å². The average molecular weight is 283 g/mol. The number of hydrogen-bond donors (Lipinski definition) is 1. The Balaban J connectivity index is 2.20. The molecule has 2 aromatic carbocycles.